The lowest BCUT2D eigenvalue weighted by atomic mass is 10.1. The molecule has 6 nitrogen and oxygen atoms in total. The third-order valence-corrected chi connectivity index (χ3v) is 2.57. The Morgan fingerprint density at radius 2 is 1.95 bits per heavy atom. The lowest BCUT2D eigenvalue weighted by molar-refractivity contribution is -0.136. The molecule has 21 heavy (non-hydrogen) atoms. The Morgan fingerprint density at radius 3 is 2.38 bits per heavy atom. The predicted octanol–water partition coefficient (Wildman–Crippen LogP) is 1.25. The first-order valence-electron chi connectivity index (χ1n) is 5.83. The van der Waals surface area contributed by atoms with E-state index in [0.717, 1.165) is 0 Å². The van der Waals surface area contributed by atoms with Crippen LogP contribution in [0.2, 0.25) is 0 Å². The van der Waals surface area contributed by atoms with Crippen molar-refractivity contribution in [1.82, 2.24) is 4.98 Å². The van der Waals surface area contributed by atoms with E-state index in [-0.39, 0.29) is 11.4 Å². The van der Waals surface area contributed by atoms with E-state index in [4.69, 9.17) is 10.8 Å². The van der Waals surface area contributed by atoms with Crippen LogP contribution < -0.4 is 10.6 Å². The molecule has 1 rings (SSSR count). The van der Waals surface area contributed by atoms with Gasteiger partial charge in [0.2, 0.25) is 0 Å². The van der Waals surface area contributed by atoms with Gasteiger partial charge >= 0.3 is 12.1 Å². The summed E-state index contributed by atoms with van der Waals surface area (Å²) in [6.45, 7) is 0.518. The normalized spacial score (nSPS) is 11.3. The van der Waals surface area contributed by atoms with E-state index in [2.05, 4.69) is 4.98 Å². The third kappa shape index (κ3) is 4.62. The zero-order valence-electron chi connectivity index (χ0n) is 11.4. The Hall–Kier alpha value is -2.32. The summed E-state index contributed by atoms with van der Waals surface area (Å²) in [5.74, 6) is -2.82. The van der Waals surface area contributed by atoms with E-state index >= 15 is 0 Å². The Bertz CT molecular complexity index is 573. The highest BCUT2D eigenvalue weighted by Gasteiger charge is 2.34. The number of carboxylic acids is 1. The smallest absolute Gasteiger partial charge is 0.405 e. The number of carbonyl (C=O) groups is 2. The van der Waals surface area contributed by atoms with Crippen LogP contribution in [0.15, 0.2) is 6.07 Å². The maximum absolute atomic E-state index is 12.6. The molecule has 0 atom stereocenters. The number of hydrogen-bond donors (Lipinski definition) is 2. The van der Waals surface area contributed by atoms with E-state index in [9.17, 15) is 22.8 Å². The van der Waals surface area contributed by atoms with Crippen LogP contribution in [0.4, 0.5) is 19.0 Å². The summed E-state index contributed by atoms with van der Waals surface area (Å²) in [5.41, 5.74) is 5.63. The summed E-state index contributed by atoms with van der Waals surface area (Å²) in [6, 6.07) is 1.48. The fraction of sp³-hybridized carbons (Fsp3) is 0.417. The van der Waals surface area contributed by atoms with Crippen molar-refractivity contribution < 1.29 is 27.9 Å². The molecule has 0 aliphatic rings. The number of nitrogens with two attached hydrogens (primary N) is 1. The molecule has 0 unspecified atom stereocenters. The van der Waals surface area contributed by atoms with Crippen molar-refractivity contribution in [3.8, 4) is 0 Å². The summed E-state index contributed by atoms with van der Waals surface area (Å²) in [4.78, 5) is 26.5. The molecular weight excluding hydrogens is 291 g/mol. The largest absolute Gasteiger partial charge is 0.480 e. The van der Waals surface area contributed by atoms with Crippen molar-refractivity contribution in [3.63, 3.8) is 0 Å². The maximum Gasteiger partial charge on any atom is 0.405 e. The Morgan fingerprint density at radius 1 is 1.38 bits per heavy atom. The number of pyridine rings is 1. The van der Waals surface area contributed by atoms with Crippen LogP contribution >= 0.6 is 0 Å². The van der Waals surface area contributed by atoms with Gasteiger partial charge in [-0.2, -0.15) is 13.2 Å². The van der Waals surface area contributed by atoms with Crippen LogP contribution in [-0.2, 0) is 4.79 Å². The first kappa shape index (κ1) is 16.7. The zero-order valence-corrected chi connectivity index (χ0v) is 11.4. The SMILES string of the molecule is Cc1cc(C)c(C(N)=O)c(N(CC(=O)O)CC(F)(F)F)n1. The van der Waals surface area contributed by atoms with Crippen molar-refractivity contribution >= 4 is 17.7 Å². The lowest BCUT2D eigenvalue weighted by Crippen LogP contribution is -2.40. The van der Waals surface area contributed by atoms with Gasteiger partial charge in [-0.3, -0.25) is 9.59 Å². The quantitative estimate of drug-likeness (QED) is 0.853. The van der Waals surface area contributed by atoms with Crippen LogP contribution in [0.25, 0.3) is 0 Å². The highest BCUT2D eigenvalue weighted by molar-refractivity contribution is 5.99. The molecule has 0 aliphatic heterocycles. The minimum Gasteiger partial charge on any atom is -0.480 e. The van der Waals surface area contributed by atoms with Crippen LogP contribution in [0.1, 0.15) is 21.6 Å². The number of aromatic nitrogens is 1. The Kier molecular flexibility index (Phi) is 4.77. The topological polar surface area (TPSA) is 96.5 Å². The van der Waals surface area contributed by atoms with Crippen molar-refractivity contribution in [2.75, 3.05) is 18.0 Å². The van der Waals surface area contributed by atoms with Gasteiger partial charge in [-0.05, 0) is 25.5 Å². The molecule has 1 heterocycles. The van der Waals surface area contributed by atoms with Crippen molar-refractivity contribution in [2.24, 2.45) is 5.73 Å². The van der Waals surface area contributed by atoms with E-state index in [1.165, 1.54) is 19.9 Å². The third-order valence-electron chi connectivity index (χ3n) is 2.57. The van der Waals surface area contributed by atoms with Crippen LogP contribution in [0.3, 0.4) is 0 Å². The van der Waals surface area contributed by atoms with Crippen LogP contribution in [-0.4, -0.2) is 41.2 Å². The van der Waals surface area contributed by atoms with E-state index in [1.54, 1.807) is 0 Å². The molecule has 3 N–H and O–H groups in total. The highest BCUT2D eigenvalue weighted by atomic mass is 19.4. The van der Waals surface area contributed by atoms with Gasteiger partial charge in [-0.25, -0.2) is 4.98 Å². The number of aryl methyl sites for hydroxylation is 2. The van der Waals surface area contributed by atoms with Gasteiger partial charge in [-0.15, -0.1) is 0 Å². The number of primary amides is 1. The number of aliphatic carboxylic acids is 1. The van der Waals surface area contributed by atoms with Crippen LogP contribution in [0.5, 0.6) is 0 Å². The highest BCUT2D eigenvalue weighted by Crippen LogP contribution is 2.26. The Balaban J connectivity index is 3.41. The molecule has 0 radical (unpaired) electrons. The molecular formula is C12H14F3N3O3. The average Bonchev–Trinajstić information content (AvgIpc) is 2.23. The summed E-state index contributed by atoms with van der Waals surface area (Å²) in [6.07, 6.45) is -4.65. The minimum atomic E-state index is -4.65. The zero-order chi connectivity index (χ0) is 16.4. The first-order valence-corrected chi connectivity index (χ1v) is 5.83. The standard InChI is InChI=1S/C12H14F3N3O3/c1-6-3-7(2)17-11(9(6)10(16)21)18(4-8(19)20)5-12(13,14)15/h3H,4-5H2,1-2H3,(H2,16,21)(H,19,20). The molecule has 116 valence electrons. The lowest BCUT2D eigenvalue weighted by Gasteiger charge is -2.25. The van der Waals surface area contributed by atoms with Crippen LogP contribution in [0, 0.1) is 13.8 Å². The van der Waals surface area contributed by atoms with Crippen molar-refractivity contribution in [3.05, 3.63) is 22.9 Å². The molecule has 0 aromatic carbocycles. The summed E-state index contributed by atoms with van der Waals surface area (Å²) in [5, 5.41) is 8.76. The first-order chi connectivity index (χ1) is 9.51. The second-order valence-electron chi connectivity index (χ2n) is 4.51. The van der Waals surface area contributed by atoms with Crippen molar-refractivity contribution in [1.29, 1.82) is 0 Å². The van der Waals surface area contributed by atoms with Gasteiger partial charge < -0.3 is 15.7 Å². The van der Waals surface area contributed by atoms with Gasteiger partial charge in [-0.1, -0.05) is 0 Å². The number of hydrogen-bond acceptors (Lipinski definition) is 4. The molecule has 0 aliphatic carbocycles. The molecule has 0 saturated carbocycles. The summed E-state index contributed by atoms with van der Waals surface area (Å²) >= 11 is 0. The van der Waals surface area contributed by atoms with E-state index < -0.39 is 31.1 Å². The Labute approximate surface area is 118 Å². The molecule has 0 bridgehead atoms. The number of alkyl halides is 3. The maximum atomic E-state index is 12.6. The second kappa shape index (κ2) is 5.98. The summed E-state index contributed by atoms with van der Waals surface area (Å²) < 4.78 is 37.8. The number of anilines is 1. The molecule has 0 spiro atoms. The molecule has 9 heteroatoms. The second-order valence-corrected chi connectivity index (χ2v) is 4.51. The predicted molar refractivity (Wildman–Crippen MR) is 68.1 cm³/mol. The number of halogens is 3. The van der Waals surface area contributed by atoms with Gasteiger partial charge in [0.25, 0.3) is 5.91 Å². The fourth-order valence-electron chi connectivity index (χ4n) is 1.94. The van der Waals surface area contributed by atoms with Gasteiger partial charge in [0, 0.05) is 5.69 Å². The fourth-order valence-corrected chi connectivity index (χ4v) is 1.94. The van der Waals surface area contributed by atoms with Crippen molar-refractivity contribution in [2.45, 2.75) is 20.0 Å². The minimum absolute atomic E-state index is 0.217. The van der Waals surface area contributed by atoms with E-state index in [1.807, 2.05) is 0 Å². The van der Waals surface area contributed by atoms with Gasteiger partial charge in [0.05, 0.1) is 5.56 Å². The average molecular weight is 305 g/mol. The van der Waals surface area contributed by atoms with E-state index in [0.29, 0.717) is 16.2 Å². The summed E-state index contributed by atoms with van der Waals surface area (Å²) in [7, 11) is 0. The monoisotopic (exact) mass is 305 g/mol. The number of nitrogens with zero attached hydrogens (tertiary/aromatic N) is 2. The number of rotatable bonds is 5. The van der Waals surface area contributed by atoms with Gasteiger partial charge in [0.1, 0.15) is 18.9 Å². The molecule has 1 aromatic heterocycles. The molecule has 0 fully saturated rings. The van der Waals surface area contributed by atoms with Gasteiger partial charge in [0.15, 0.2) is 0 Å². The number of amides is 1. The number of carboxylic acid groups (broad SMARTS) is 1. The molecule has 1 aromatic rings. The molecule has 0 saturated heterocycles. The number of carbonyl (C=O) groups excluding carboxylic acids is 1. The molecule has 1 amide bonds.